The molecule has 0 spiro atoms. The summed E-state index contributed by atoms with van der Waals surface area (Å²) in [6, 6.07) is 31.0. The number of carbonyl (C=O) groups excluding carboxylic acids is 2. The highest BCUT2D eigenvalue weighted by atomic mass is 35.5. The molecule has 4 aromatic carbocycles. The smallest absolute Gasteiger partial charge is 0.264 e. The number of para-hydroxylation sites is 1. The number of rotatable bonds is 12. The Hall–Kier alpha value is -4.14. The highest BCUT2D eigenvalue weighted by molar-refractivity contribution is 7.92. The molecule has 2 amide bonds. The third-order valence-corrected chi connectivity index (χ3v) is 10.4. The molecule has 7 nitrogen and oxygen atoms in total. The minimum absolute atomic E-state index is 0.00895. The molecule has 240 valence electrons. The molecule has 1 N–H and O–H groups in total. The zero-order chi connectivity index (χ0) is 32.5. The van der Waals surface area contributed by atoms with Crippen molar-refractivity contribution in [2.45, 2.75) is 69.0 Å². The lowest BCUT2D eigenvalue weighted by molar-refractivity contribution is -0.140. The molecular formula is C37H40ClN3O4S. The Bertz CT molecular complexity index is 1710. The van der Waals surface area contributed by atoms with Crippen molar-refractivity contribution in [2.75, 3.05) is 10.8 Å². The van der Waals surface area contributed by atoms with Crippen LogP contribution in [0, 0.1) is 6.92 Å². The number of amides is 2. The van der Waals surface area contributed by atoms with Gasteiger partial charge in [-0.25, -0.2) is 8.42 Å². The molecule has 1 atom stereocenters. The summed E-state index contributed by atoms with van der Waals surface area (Å²) >= 11 is 6.07. The van der Waals surface area contributed by atoms with Gasteiger partial charge in [-0.3, -0.25) is 13.9 Å². The Morgan fingerprint density at radius 2 is 1.46 bits per heavy atom. The zero-order valence-corrected chi connectivity index (χ0v) is 27.6. The molecule has 0 aromatic heterocycles. The highest BCUT2D eigenvalue weighted by Crippen LogP contribution is 2.26. The van der Waals surface area contributed by atoms with E-state index in [2.05, 4.69) is 5.32 Å². The first kappa shape index (κ1) is 33.2. The summed E-state index contributed by atoms with van der Waals surface area (Å²) in [6.07, 6.45) is 5.33. The number of carbonyl (C=O) groups is 2. The van der Waals surface area contributed by atoms with Gasteiger partial charge in [-0.15, -0.1) is 0 Å². The van der Waals surface area contributed by atoms with Crippen molar-refractivity contribution in [3.05, 3.63) is 131 Å². The predicted octanol–water partition coefficient (Wildman–Crippen LogP) is 6.93. The Kier molecular flexibility index (Phi) is 11.1. The lowest BCUT2D eigenvalue weighted by Gasteiger charge is -2.35. The van der Waals surface area contributed by atoms with Gasteiger partial charge in [0.1, 0.15) is 12.6 Å². The first-order valence-electron chi connectivity index (χ1n) is 15.7. The summed E-state index contributed by atoms with van der Waals surface area (Å²) < 4.78 is 29.3. The number of anilines is 1. The second-order valence-corrected chi connectivity index (χ2v) is 14.2. The maximum atomic E-state index is 14.6. The van der Waals surface area contributed by atoms with Crippen LogP contribution in [-0.4, -0.2) is 43.8 Å². The third-order valence-electron chi connectivity index (χ3n) is 8.38. The van der Waals surface area contributed by atoms with E-state index < -0.39 is 28.5 Å². The molecule has 1 aliphatic carbocycles. The first-order chi connectivity index (χ1) is 22.2. The second-order valence-electron chi connectivity index (χ2n) is 11.9. The lowest BCUT2D eigenvalue weighted by atomic mass is 9.94. The number of hydrogen-bond acceptors (Lipinski definition) is 4. The van der Waals surface area contributed by atoms with E-state index in [0.717, 1.165) is 53.1 Å². The van der Waals surface area contributed by atoms with Crippen molar-refractivity contribution in [1.29, 1.82) is 0 Å². The van der Waals surface area contributed by atoms with E-state index in [1.807, 2.05) is 61.5 Å². The standard InChI is InChI=1S/C37H40ClN3O4S/c1-28-12-11-15-30(24-28)26-40(35(25-29-13-5-2-6-14-29)37(43)39-32-16-7-3-8-17-32)36(42)27-41(33-18-9-4-10-19-33)46(44,45)34-22-20-31(38)21-23-34/h2,4-6,9-15,18-24,32,35H,3,7-8,16-17,25-27H2,1H3,(H,39,43)/t35-/m1/s1. The fourth-order valence-corrected chi connectivity index (χ4v) is 7.50. The van der Waals surface area contributed by atoms with Gasteiger partial charge in [0.15, 0.2) is 0 Å². The van der Waals surface area contributed by atoms with Gasteiger partial charge in [-0.05, 0) is 67.3 Å². The number of nitrogens with zero attached hydrogens (tertiary/aromatic N) is 2. The molecule has 4 aromatic rings. The van der Waals surface area contributed by atoms with Crippen molar-refractivity contribution >= 4 is 39.1 Å². The normalized spacial score (nSPS) is 14.3. The molecule has 1 aliphatic rings. The van der Waals surface area contributed by atoms with Crippen molar-refractivity contribution in [3.63, 3.8) is 0 Å². The van der Waals surface area contributed by atoms with Gasteiger partial charge >= 0.3 is 0 Å². The molecule has 0 saturated heterocycles. The third kappa shape index (κ3) is 8.56. The van der Waals surface area contributed by atoms with Gasteiger partial charge in [0.25, 0.3) is 10.0 Å². The Labute approximate surface area is 277 Å². The van der Waals surface area contributed by atoms with Crippen LogP contribution in [0.15, 0.2) is 114 Å². The Balaban J connectivity index is 1.55. The Morgan fingerprint density at radius 1 is 0.826 bits per heavy atom. The van der Waals surface area contributed by atoms with Crippen LogP contribution in [0.4, 0.5) is 5.69 Å². The lowest BCUT2D eigenvalue weighted by Crippen LogP contribution is -2.55. The van der Waals surface area contributed by atoms with Crippen LogP contribution in [0.25, 0.3) is 0 Å². The molecule has 0 heterocycles. The van der Waals surface area contributed by atoms with Crippen LogP contribution in [0.5, 0.6) is 0 Å². The minimum Gasteiger partial charge on any atom is -0.352 e. The van der Waals surface area contributed by atoms with E-state index in [9.17, 15) is 18.0 Å². The van der Waals surface area contributed by atoms with Crippen LogP contribution >= 0.6 is 11.6 Å². The van der Waals surface area contributed by atoms with Crippen molar-refractivity contribution < 1.29 is 18.0 Å². The number of nitrogens with one attached hydrogen (secondary N) is 1. The molecule has 9 heteroatoms. The van der Waals surface area contributed by atoms with Crippen molar-refractivity contribution in [2.24, 2.45) is 0 Å². The molecule has 46 heavy (non-hydrogen) atoms. The highest BCUT2D eigenvalue weighted by Gasteiger charge is 2.35. The SMILES string of the molecule is Cc1cccc(CN(C(=O)CN(c2ccccc2)S(=O)(=O)c2ccc(Cl)cc2)[C@H](Cc2ccccc2)C(=O)NC2CCCCC2)c1. The molecule has 1 saturated carbocycles. The fourth-order valence-electron chi connectivity index (χ4n) is 5.96. The largest absolute Gasteiger partial charge is 0.352 e. The molecule has 0 unspecified atom stereocenters. The summed E-state index contributed by atoms with van der Waals surface area (Å²) in [6.45, 7) is 1.62. The zero-order valence-electron chi connectivity index (χ0n) is 26.0. The van der Waals surface area contributed by atoms with E-state index in [-0.39, 0.29) is 29.8 Å². The summed E-state index contributed by atoms with van der Waals surface area (Å²) in [5, 5.41) is 3.64. The number of benzene rings is 4. The van der Waals surface area contributed by atoms with Gasteiger partial charge < -0.3 is 10.2 Å². The monoisotopic (exact) mass is 657 g/mol. The number of hydrogen-bond donors (Lipinski definition) is 1. The van der Waals surface area contributed by atoms with Gasteiger partial charge in [-0.1, -0.05) is 109 Å². The molecule has 0 bridgehead atoms. The van der Waals surface area contributed by atoms with Gasteiger partial charge in [0.2, 0.25) is 11.8 Å². The van der Waals surface area contributed by atoms with Gasteiger partial charge in [0.05, 0.1) is 10.6 Å². The second kappa shape index (κ2) is 15.4. The molecular weight excluding hydrogens is 618 g/mol. The topological polar surface area (TPSA) is 86.8 Å². The quantitative estimate of drug-likeness (QED) is 0.179. The van der Waals surface area contributed by atoms with Crippen molar-refractivity contribution in [3.8, 4) is 0 Å². The van der Waals surface area contributed by atoms with Crippen LogP contribution in [0.1, 0.15) is 48.8 Å². The predicted molar refractivity (Wildman–Crippen MR) is 183 cm³/mol. The molecule has 5 rings (SSSR count). The van der Waals surface area contributed by atoms with Gasteiger partial charge in [0, 0.05) is 24.0 Å². The summed E-state index contributed by atoms with van der Waals surface area (Å²) in [5.41, 5.74) is 3.12. The van der Waals surface area contributed by atoms with E-state index in [1.54, 1.807) is 35.2 Å². The summed E-state index contributed by atoms with van der Waals surface area (Å²) in [5.74, 6) is -0.716. The molecule has 0 radical (unpaired) electrons. The van der Waals surface area contributed by atoms with E-state index in [4.69, 9.17) is 11.6 Å². The first-order valence-corrected chi connectivity index (χ1v) is 17.6. The molecule has 0 aliphatic heterocycles. The number of sulfonamides is 1. The maximum Gasteiger partial charge on any atom is 0.264 e. The number of aryl methyl sites for hydroxylation is 1. The van der Waals surface area contributed by atoms with E-state index >= 15 is 0 Å². The average molecular weight is 658 g/mol. The van der Waals surface area contributed by atoms with E-state index in [0.29, 0.717) is 10.7 Å². The van der Waals surface area contributed by atoms with Crippen LogP contribution < -0.4 is 9.62 Å². The van der Waals surface area contributed by atoms with E-state index in [1.165, 1.54) is 24.3 Å². The van der Waals surface area contributed by atoms with Crippen LogP contribution in [0.2, 0.25) is 5.02 Å². The summed E-state index contributed by atoms with van der Waals surface area (Å²) in [4.78, 5) is 30.3. The Morgan fingerprint density at radius 3 is 2.11 bits per heavy atom. The fraction of sp³-hybridized carbons (Fsp3) is 0.297. The maximum absolute atomic E-state index is 14.6. The van der Waals surface area contributed by atoms with Crippen molar-refractivity contribution in [1.82, 2.24) is 10.2 Å². The number of halogens is 1. The van der Waals surface area contributed by atoms with Crippen LogP contribution in [-0.2, 0) is 32.6 Å². The van der Waals surface area contributed by atoms with Gasteiger partial charge in [-0.2, -0.15) is 0 Å². The minimum atomic E-state index is -4.18. The van der Waals surface area contributed by atoms with Crippen LogP contribution in [0.3, 0.4) is 0 Å². The summed E-state index contributed by atoms with van der Waals surface area (Å²) in [7, 11) is -4.18. The average Bonchev–Trinajstić information content (AvgIpc) is 3.06. The molecule has 1 fully saturated rings.